The van der Waals surface area contributed by atoms with Crippen molar-refractivity contribution in [3.63, 3.8) is 0 Å². The van der Waals surface area contributed by atoms with E-state index in [9.17, 15) is 0 Å². The van der Waals surface area contributed by atoms with E-state index in [1.807, 2.05) is 36.2 Å². The van der Waals surface area contributed by atoms with Crippen molar-refractivity contribution in [2.45, 2.75) is 6.54 Å². The Labute approximate surface area is 110 Å². The van der Waals surface area contributed by atoms with Gasteiger partial charge >= 0.3 is 0 Å². The normalized spacial score (nSPS) is 10.3. The Morgan fingerprint density at radius 1 is 1.18 bits per heavy atom. The van der Waals surface area contributed by atoms with Crippen LogP contribution in [0.15, 0.2) is 36.7 Å². The van der Waals surface area contributed by atoms with Crippen molar-refractivity contribution in [1.82, 2.24) is 9.97 Å². The van der Waals surface area contributed by atoms with E-state index in [0.717, 1.165) is 16.4 Å². The van der Waals surface area contributed by atoms with E-state index >= 15 is 0 Å². The van der Waals surface area contributed by atoms with Crippen LogP contribution in [0, 0.1) is 0 Å². The fraction of sp³-hybridized carbons (Fsp3) is 0.167. The summed E-state index contributed by atoms with van der Waals surface area (Å²) in [7, 11) is 1.94. The third-order valence-electron chi connectivity index (χ3n) is 2.32. The van der Waals surface area contributed by atoms with Crippen LogP contribution in [0.1, 0.15) is 5.56 Å². The van der Waals surface area contributed by atoms with E-state index in [2.05, 4.69) is 9.97 Å². The molecular formula is C12H11Cl2N3. The fourth-order valence-corrected chi connectivity index (χ4v) is 1.88. The van der Waals surface area contributed by atoms with Gasteiger partial charge in [-0.1, -0.05) is 35.3 Å². The molecule has 2 aromatic rings. The minimum Gasteiger partial charge on any atom is -0.355 e. The molecule has 0 bridgehead atoms. The number of hydrogen-bond donors (Lipinski definition) is 0. The maximum Gasteiger partial charge on any atom is 0.134 e. The first-order valence-corrected chi connectivity index (χ1v) is 5.84. The largest absolute Gasteiger partial charge is 0.355 e. The standard InChI is InChI=1S/C12H11Cl2N3/c1-17(12-6-11(14)15-8-16-12)7-9-3-2-4-10(13)5-9/h2-6,8H,7H2,1H3. The SMILES string of the molecule is CN(Cc1cccc(Cl)c1)c1cc(Cl)ncn1. The number of rotatable bonds is 3. The monoisotopic (exact) mass is 267 g/mol. The summed E-state index contributed by atoms with van der Waals surface area (Å²) in [5.41, 5.74) is 1.12. The molecule has 0 aliphatic carbocycles. The molecule has 3 nitrogen and oxygen atoms in total. The van der Waals surface area contributed by atoms with Gasteiger partial charge in [0.2, 0.25) is 0 Å². The lowest BCUT2D eigenvalue weighted by atomic mass is 10.2. The highest BCUT2D eigenvalue weighted by molar-refractivity contribution is 6.30. The van der Waals surface area contributed by atoms with E-state index in [4.69, 9.17) is 23.2 Å². The second kappa shape index (κ2) is 5.34. The molecule has 1 aromatic carbocycles. The van der Waals surface area contributed by atoms with E-state index in [0.29, 0.717) is 11.7 Å². The van der Waals surface area contributed by atoms with Crippen molar-refractivity contribution >= 4 is 29.0 Å². The van der Waals surface area contributed by atoms with Gasteiger partial charge in [0, 0.05) is 24.7 Å². The number of anilines is 1. The van der Waals surface area contributed by atoms with Crippen LogP contribution in [0.4, 0.5) is 5.82 Å². The van der Waals surface area contributed by atoms with Crippen molar-refractivity contribution in [3.8, 4) is 0 Å². The zero-order valence-electron chi connectivity index (χ0n) is 9.27. The Hall–Kier alpha value is -1.32. The molecule has 88 valence electrons. The zero-order valence-corrected chi connectivity index (χ0v) is 10.8. The van der Waals surface area contributed by atoms with Crippen LogP contribution in [0.5, 0.6) is 0 Å². The van der Waals surface area contributed by atoms with Gasteiger partial charge in [0.1, 0.15) is 17.3 Å². The van der Waals surface area contributed by atoms with Gasteiger partial charge in [-0.05, 0) is 17.7 Å². The Kier molecular flexibility index (Phi) is 3.82. The summed E-state index contributed by atoms with van der Waals surface area (Å²) >= 11 is 11.8. The van der Waals surface area contributed by atoms with Gasteiger partial charge in [0.25, 0.3) is 0 Å². The van der Waals surface area contributed by atoms with Gasteiger partial charge in [0.05, 0.1) is 0 Å². The first-order valence-electron chi connectivity index (χ1n) is 5.08. The zero-order chi connectivity index (χ0) is 12.3. The highest BCUT2D eigenvalue weighted by Crippen LogP contribution is 2.17. The lowest BCUT2D eigenvalue weighted by Crippen LogP contribution is -2.17. The summed E-state index contributed by atoms with van der Waals surface area (Å²) in [4.78, 5) is 9.99. The smallest absolute Gasteiger partial charge is 0.134 e. The van der Waals surface area contributed by atoms with E-state index in [1.54, 1.807) is 6.07 Å². The summed E-state index contributed by atoms with van der Waals surface area (Å²) in [6.07, 6.45) is 1.45. The highest BCUT2D eigenvalue weighted by Gasteiger charge is 2.04. The first kappa shape index (κ1) is 12.1. The highest BCUT2D eigenvalue weighted by atomic mass is 35.5. The molecule has 1 aromatic heterocycles. The van der Waals surface area contributed by atoms with E-state index < -0.39 is 0 Å². The predicted octanol–water partition coefficient (Wildman–Crippen LogP) is 3.42. The molecule has 0 fully saturated rings. The van der Waals surface area contributed by atoms with E-state index in [1.165, 1.54) is 6.33 Å². The summed E-state index contributed by atoms with van der Waals surface area (Å²) in [5.74, 6) is 0.782. The van der Waals surface area contributed by atoms with E-state index in [-0.39, 0.29) is 0 Å². The Bertz CT molecular complexity index is 517. The second-order valence-electron chi connectivity index (χ2n) is 3.68. The van der Waals surface area contributed by atoms with Crippen molar-refractivity contribution in [2.75, 3.05) is 11.9 Å². The van der Waals surface area contributed by atoms with Crippen LogP contribution in [-0.4, -0.2) is 17.0 Å². The lowest BCUT2D eigenvalue weighted by Gasteiger charge is -2.18. The molecular weight excluding hydrogens is 257 g/mol. The number of halogens is 2. The fourth-order valence-electron chi connectivity index (χ4n) is 1.52. The van der Waals surface area contributed by atoms with Gasteiger partial charge in [0.15, 0.2) is 0 Å². The quantitative estimate of drug-likeness (QED) is 0.799. The lowest BCUT2D eigenvalue weighted by molar-refractivity contribution is 0.891. The van der Waals surface area contributed by atoms with Gasteiger partial charge < -0.3 is 4.90 Å². The maximum atomic E-state index is 5.93. The summed E-state index contributed by atoms with van der Waals surface area (Å²) in [6.45, 7) is 0.716. The Morgan fingerprint density at radius 2 is 2.00 bits per heavy atom. The second-order valence-corrected chi connectivity index (χ2v) is 4.51. The molecule has 0 N–H and O–H groups in total. The van der Waals surface area contributed by atoms with Crippen LogP contribution in [0.2, 0.25) is 10.2 Å². The van der Waals surface area contributed by atoms with Gasteiger partial charge in [-0.25, -0.2) is 9.97 Å². The summed E-state index contributed by atoms with van der Waals surface area (Å²) < 4.78 is 0. The predicted molar refractivity (Wildman–Crippen MR) is 70.6 cm³/mol. The average molecular weight is 268 g/mol. The van der Waals surface area contributed by atoms with Crippen LogP contribution in [0.3, 0.4) is 0 Å². The number of benzene rings is 1. The summed E-state index contributed by atoms with van der Waals surface area (Å²) in [6, 6.07) is 9.46. The molecule has 0 aliphatic heterocycles. The van der Waals surface area contributed by atoms with Crippen LogP contribution < -0.4 is 4.90 Å². The van der Waals surface area contributed by atoms with Gasteiger partial charge in [-0.2, -0.15) is 0 Å². The van der Waals surface area contributed by atoms with Crippen molar-refractivity contribution in [2.24, 2.45) is 0 Å². The molecule has 5 heteroatoms. The molecule has 0 radical (unpaired) electrons. The molecule has 0 spiro atoms. The molecule has 1 heterocycles. The molecule has 0 atom stereocenters. The van der Waals surface area contributed by atoms with Gasteiger partial charge in [-0.3, -0.25) is 0 Å². The molecule has 0 amide bonds. The Morgan fingerprint density at radius 3 is 2.71 bits per heavy atom. The van der Waals surface area contributed by atoms with Crippen LogP contribution in [-0.2, 0) is 6.54 Å². The number of nitrogens with zero attached hydrogens (tertiary/aromatic N) is 3. The molecule has 2 rings (SSSR count). The van der Waals surface area contributed by atoms with Crippen LogP contribution in [0.25, 0.3) is 0 Å². The molecule has 0 unspecified atom stereocenters. The van der Waals surface area contributed by atoms with Crippen LogP contribution >= 0.6 is 23.2 Å². The minimum atomic E-state index is 0.438. The van der Waals surface area contributed by atoms with Crippen molar-refractivity contribution < 1.29 is 0 Å². The third kappa shape index (κ3) is 3.32. The molecule has 0 aliphatic rings. The molecule has 0 saturated heterocycles. The number of aromatic nitrogens is 2. The molecule has 17 heavy (non-hydrogen) atoms. The average Bonchev–Trinajstić information content (AvgIpc) is 2.29. The van der Waals surface area contributed by atoms with Gasteiger partial charge in [-0.15, -0.1) is 0 Å². The first-order chi connectivity index (χ1) is 8.15. The Balaban J connectivity index is 2.14. The number of hydrogen-bond acceptors (Lipinski definition) is 3. The minimum absolute atomic E-state index is 0.438. The summed E-state index contributed by atoms with van der Waals surface area (Å²) in [5, 5.41) is 1.17. The molecule has 0 saturated carbocycles. The van der Waals surface area contributed by atoms with Crippen molar-refractivity contribution in [1.29, 1.82) is 0 Å². The third-order valence-corrected chi connectivity index (χ3v) is 2.76. The van der Waals surface area contributed by atoms with Crippen molar-refractivity contribution in [3.05, 3.63) is 52.4 Å². The topological polar surface area (TPSA) is 29.0 Å². The maximum absolute atomic E-state index is 5.93.